The topological polar surface area (TPSA) is 428 Å². The number of nitrogens with two attached hydrogens (primary N) is 2. The molecular weight excluding hydrogens is 1480 g/mol. The van der Waals surface area contributed by atoms with E-state index in [0.29, 0.717) is 58.6 Å². The number of methoxy groups -OCH3 is 9. The zero-order valence-corrected chi connectivity index (χ0v) is 70.4. The third-order valence-electron chi connectivity index (χ3n) is 17.0. The third-order valence-corrected chi connectivity index (χ3v) is 17.0. The molecule has 7 N–H and O–H groups in total. The van der Waals surface area contributed by atoms with Crippen LogP contribution in [0.3, 0.4) is 0 Å². The summed E-state index contributed by atoms with van der Waals surface area (Å²) in [5, 5.41) is 19.9. The SMILES string of the molecule is C.CC(C)C[C@H](N)C(=O)[C@@]1(C)CO1.COC[C@H](C)C(=O)O.COC[C@H](C)C(=O)OCc1ccccc1.COC[C@H](CC(=O)[C@@H](C)COC)C(=O)N[C@@H](CC(C)C)C(=O)[C@@]1(C)CO1.COC[C@H](CC(=O)[C@@H](C)COC)C(=O)O.COC[C@H](CC(=O)[C@@H](C)COC)C(=O)OCc1ccccc1.COC[C@H](N)C(=O)OCc1ccccc1. The van der Waals surface area contributed by atoms with Gasteiger partial charge in [0.05, 0.1) is 114 Å². The molecule has 3 aromatic rings. The Labute approximate surface area is 676 Å². The molecule has 0 unspecified atom stereocenters. The quantitative estimate of drug-likeness (QED) is 0.0200. The van der Waals surface area contributed by atoms with Crippen molar-refractivity contribution >= 4 is 64.7 Å². The second-order valence-corrected chi connectivity index (χ2v) is 29.0. The third kappa shape index (κ3) is 50.6. The van der Waals surface area contributed by atoms with Gasteiger partial charge in [-0.3, -0.25) is 52.7 Å². The van der Waals surface area contributed by atoms with Gasteiger partial charge in [-0.1, -0.05) is 147 Å². The average Bonchev–Trinajstić information content (AvgIpc) is 1.63. The summed E-state index contributed by atoms with van der Waals surface area (Å²) in [6.45, 7) is 24.2. The fraction of sp³-hybridized carbons (Fsp3) is 0.655. The van der Waals surface area contributed by atoms with Crippen LogP contribution < -0.4 is 16.8 Å². The van der Waals surface area contributed by atoms with E-state index in [9.17, 15) is 52.7 Å². The lowest BCUT2D eigenvalue weighted by Crippen LogP contribution is -2.49. The van der Waals surface area contributed by atoms with Crippen molar-refractivity contribution in [3.63, 3.8) is 0 Å². The van der Waals surface area contributed by atoms with Gasteiger partial charge in [-0.05, 0) is 69.1 Å². The molecule has 2 fully saturated rings. The monoisotopic (exact) mass is 1620 g/mol. The van der Waals surface area contributed by atoms with Gasteiger partial charge in [0.1, 0.15) is 54.4 Å². The van der Waals surface area contributed by atoms with Crippen LogP contribution in [0.5, 0.6) is 0 Å². The van der Waals surface area contributed by atoms with Gasteiger partial charge in [0.15, 0.2) is 11.6 Å². The van der Waals surface area contributed by atoms with Gasteiger partial charge in [0.25, 0.3) is 0 Å². The lowest BCUT2D eigenvalue weighted by molar-refractivity contribution is -0.154. The van der Waals surface area contributed by atoms with Crippen LogP contribution in [0.1, 0.15) is 132 Å². The maximum Gasteiger partial charge on any atom is 0.325 e. The van der Waals surface area contributed by atoms with E-state index in [1.165, 1.54) is 49.8 Å². The Morgan fingerprint density at radius 2 is 0.693 bits per heavy atom. The van der Waals surface area contributed by atoms with E-state index in [4.69, 9.17) is 83.3 Å². The minimum atomic E-state index is -1.00. The maximum atomic E-state index is 12.7. The smallest absolute Gasteiger partial charge is 0.325 e. The summed E-state index contributed by atoms with van der Waals surface area (Å²) in [6, 6.07) is 26.8. The van der Waals surface area contributed by atoms with Gasteiger partial charge in [0.2, 0.25) is 5.91 Å². The highest BCUT2D eigenvalue weighted by Crippen LogP contribution is 2.31. The predicted molar refractivity (Wildman–Crippen MR) is 428 cm³/mol. The van der Waals surface area contributed by atoms with E-state index in [0.717, 1.165) is 23.1 Å². The highest BCUT2D eigenvalue weighted by Gasteiger charge is 2.51. The van der Waals surface area contributed by atoms with Crippen molar-refractivity contribution in [2.75, 3.05) is 137 Å². The number of carboxylic acid groups (broad SMARTS) is 2. The van der Waals surface area contributed by atoms with Crippen LogP contribution in [-0.4, -0.2) is 241 Å². The molecule has 30 nitrogen and oxygen atoms in total. The minimum Gasteiger partial charge on any atom is -0.481 e. The number of hydrogen-bond acceptors (Lipinski definition) is 27. The van der Waals surface area contributed by atoms with Crippen LogP contribution in [0, 0.1) is 59.2 Å². The van der Waals surface area contributed by atoms with Gasteiger partial charge >= 0.3 is 29.8 Å². The molecular formula is C84H137N3O27. The number of aliphatic carboxylic acids is 2. The Hall–Kier alpha value is -7.69. The highest BCUT2D eigenvalue weighted by atomic mass is 16.6. The number of amides is 1. The van der Waals surface area contributed by atoms with E-state index in [1.807, 2.05) is 105 Å². The number of benzene rings is 3. The first-order chi connectivity index (χ1) is 53.4. The number of carbonyl (C=O) groups is 11. The summed E-state index contributed by atoms with van der Waals surface area (Å²) < 4.78 is 69.6. The molecule has 650 valence electrons. The van der Waals surface area contributed by atoms with Crippen LogP contribution in [0.15, 0.2) is 91.0 Å². The van der Waals surface area contributed by atoms with Crippen LogP contribution >= 0.6 is 0 Å². The average molecular weight is 1620 g/mol. The summed E-state index contributed by atoms with van der Waals surface area (Å²) in [5.41, 5.74) is 12.7. The molecule has 13 atom stereocenters. The van der Waals surface area contributed by atoms with E-state index in [-0.39, 0.29) is 155 Å². The molecule has 2 aliphatic rings. The van der Waals surface area contributed by atoms with Crippen LogP contribution in [0.2, 0.25) is 0 Å². The molecule has 1 amide bonds. The molecule has 2 heterocycles. The summed E-state index contributed by atoms with van der Waals surface area (Å²) in [7, 11) is 13.5. The zero-order valence-electron chi connectivity index (χ0n) is 70.4. The Morgan fingerprint density at radius 1 is 0.386 bits per heavy atom. The summed E-state index contributed by atoms with van der Waals surface area (Å²) in [4.78, 5) is 128. The van der Waals surface area contributed by atoms with E-state index in [1.54, 1.807) is 62.7 Å². The van der Waals surface area contributed by atoms with Crippen molar-refractivity contribution in [1.29, 1.82) is 0 Å². The van der Waals surface area contributed by atoms with Gasteiger partial charge in [-0.2, -0.15) is 0 Å². The molecule has 2 aliphatic heterocycles. The second kappa shape index (κ2) is 63.5. The van der Waals surface area contributed by atoms with Crippen LogP contribution in [0.4, 0.5) is 0 Å². The Balaban J connectivity index is -0.00000129. The molecule has 0 bridgehead atoms. The number of Topliss-reactive ketones (excluding diaryl/α,β-unsaturated/α-hetero) is 5. The first-order valence-electron chi connectivity index (χ1n) is 37.6. The molecule has 114 heavy (non-hydrogen) atoms. The Morgan fingerprint density at radius 3 is 1.03 bits per heavy atom. The van der Waals surface area contributed by atoms with E-state index in [2.05, 4.69) is 23.9 Å². The first kappa shape index (κ1) is 110. The lowest BCUT2D eigenvalue weighted by atomic mass is 9.91. The van der Waals surface area contributed by atoms with Crippen molar-refractivity contribution in [2.24, 2.45) is 70.6 Å². The summed E-state index contributed by atoms with van der Waals surface area (Å²) >= 11 is 0. The molecule has 5 rings (SSSR count). The fourth-order valence-electron chi connectivity index (χ4n) is 9.93. The lowest BCUT2D eigenvalue weighted by Gasteiger charge is -2.24. The number of epoxide rings is 2. The van der Waals surface area contributed by atoms with Gasteiger partial charge < -0.3 is 93.3 Å². The molecule has 2 saturated heterocycles. The van der Waals surface area contributed by atoms with Gasteiger partial charge in [0, 0.05) is 101 Å². The van der Waals surface area contributed by atoms with Crippen molar-refractivity contribution in [1.82, 2.24) is 5.32 Å². The number of carboxylic acids is 2. The van der Waals surface area contributed by atoms with Crippen molar-refractivity contribution in [2.45, 2.75) is 165 Å². The predicted octanol–water partition coefficient (Wildman–Crippen LogP) is 8.61. The van der Waals surface area contributed by atoms with E-state index < -0.39 is 64.9 Å². The number of carbonyl (C=O) groups excluding carboxylic acids is 9. The summed E-state index contributed by atoms with van der Waals surface area (Å²) in [6.07, 6.45) is 1.43. The number of nitrogens with one attached hydrogen (secondary N) is 1. The molecule has 0 saturated carbocycles. The standard InChI is InChI=1S/C19H33NO6.C17H24O5.C12H16O3.C11H15NO3.C10H18O5.C9H17NO2.C5H10O3.CH4/c1-12(2)7-15(17(22)19(4)11-26-19)20-18(23)14(10-25-6)8-16(21)13(3)9-24-5;1-13(10-20-2)16(18)9-15(12-21-3)17(19)22-11-14-7-5-4-6-8-14;1-10(8-14-2)12(13)15-9-11-6-4-3-5-7-11;1-14-8-10(12)11(13)15-7-9-5-3-2-4-6-9;1-7(5-14-2)9(11)4-8(6-15-3)10(12)13;1-6(2)4-7(10)8(11)9(3)5-12-9;1-4(3-8-2)5(6)7;/h12-15H,7-11H2,1-6H3,(H,20,23);4-8,13,15H,9-12H2,1-3H3;3-7,10H,8-9H2,1-2H3;2-6,10H,7-8,12H2,1H3;7-8H,4-6H2,1-3H3,(H,12,13);6-7H,4-5,10H2,1-3H3;4H,3H2,1-2H3,(H,6,7);1H4/t13-,14-,15-,19+;13-,15-;2*10-;7-,8-;7-,9+;4-;/m0000000./s1. The van der Waals surface area contributed by atoms with Crippen LogP contribution in [0.25, 0.3) is 0 Å². The molecule has 30 heteroatoms. The minimum absolute atomic E-state index is 0. The molecule has 0 spiro atoms. The van der Waals surface area contributed by atoms with E-state index >= 15 is 0 Å². The number of ether oxygens (including phenoxy) is 14. The Bertz CT molecular complexity index is 3090. The highest BCUT2D eigenvalue weighted by molar-refractivity contribution is 5.97. The number of ketones is 5. The zero-order chi connectivity index (χ0) is 86.2. The number of hydrogen-bond donors (Lipinski definition) is 5. The maximum absolute atomic E-state index is 12.7. The second-order valence-electron chi connectivity index (χ2n) is 29.0. The fourth-order valence-corrected chi connectivity index (χ4v) is 9.93. The summed E-state index contributed by atoms with van der Waals surface area (Å²) in [5.74, 6) is -6.19. The first-order valence-corrected chi connectivity index (χ1v) is 37.6. The van der Waals surface area contributed by atoms with Crippen molar-refractivity contribution in [3.05, 3.63) is 108 Å². The molecule has 3 aromatic carbocycles. The van der Waals surface area contributed by atoms with Gasteiger partial charge in [-0.15, -0.1) is 0 Å². The number of esters is 3. The van der Waals surface area contributed by atoms with Crippen molar-refractivity contribution in [3.8, 4) is 0 Å². The Kier molecular flexibility index (Phi) is 61.6. The molecule has 0 radical (unpaired) electrons. The normalized spacial score (nSPS) is 17.0. The molecule has 0 aliphatic carbocycles. The largest absolute Gasteiger partial charge is 0.481 e. The van der Waals surface area contributed by atoms with Crippen LogP contribution in [-0.2, 0) is 139 Å². The van der Waals surface area contributed by atoms with Gasteiger partial charge in [-0.25, -0.2) is 0 Å². The number of rotatable bonds is 48. The van der Waals surface area contributed by atoms with Crippen molar-refractivity contribution < 1.29 is 129 Å². The molecule has 0 aromatic heterocycles.